The first-order chi connectivity index (χ1) is 15.9. The topological polar surface area (TPSA) is 96.0 Å². The molecule has 0 spiro atoms. The Labute approximate surface area is 196 Å². The van der Waals surface area contributed by atoms with Crippen LogP contribution < -0.4 is 15.4 Å². The Morgan fingerprint density at radius 1 is 0.848 bits per heavy atom. The molecule has 1 aliphatic rings. The molecule has 0 fully saturated rings. The molecule has 0 radical (unpaired) electrons. The lowest BCUT2D eigenvalue weighted by atomic mass is 10.0. The standard InChI is InChI=1S/C24H20ClN5O2S/c25-22-15-26-24-28-18-6-4-5-16(11-18)9-10-17-12-19(27-23(22)29-24)14-20(13-17)30-33(31,32)21-7-2-1-3-8-21/h1-8,11-15,30H,9-10H2,(H2,26,27,28,29). The van der Waals surface area contributed by atoms with Gasteiger partial charge in [-0.2, -0.15) is 4.98 Å². The second-order valence-electron chi connectivity index (χ2n) is 7.68. The summed E-state index contributed by atoms with van der Waals surface area (Å²) in [6.45, 7) is 0. The zero-order valence-corrected chi connectivity index (χ0v) is 19.0. The zero-order chi connectivity index (χ0) is 22.8. The molecule has 2 heterocycles. The normalized spacial score (nSPS) is 12.9. The van der Waals surface area contributed by atoms with E-state index in [1.807, 2.05) is 30.3 Å². The second-order valence-corrected chi connectivity index (χ2v) is 9.77. The third-order valence-electron chi connectivity index (χ3n) is 5.19. The van der Waals surface area contributed by atoms with E-state index in [4.69, 9.17) is 11.6 Å². The lowest BCUT2D eigenvalue weighted by Crippen LogP contribution is -2.13. The van der Waals surface area contributed by atoms with E-state index in [9.17, 15) is 8.42 Å². The van der Waals surface area contributed by atoms with Crippen molar-refractivity contribution >= 4 is 50.5 Å². The highest BCUT2D eigenvalue weighted by molar-refractivity contribution is 7.92. The van der Waals surface area contributed by atoms with Crippen molar-refractivity contribution in [2.45, 2.75) is 17.7 Å². The Balaban J connectivity index is 1.56. The second kappa shape index (κ2) is 8.73. The summed E-state index contributed by atoms with van der Waals surface area (Å²) in [5, 5.41) is 6.76. The van der Waals surface area contributed by atoms with Crippen LogP contribution in [0.5, 0.6) is 0 Å². The summed E-state index contributed by atoms with van der Waals surface area (Å²) >= 11 is 6.33. The fourth-order valence-electron chi connectivity index (χ4n) is 3.66. The molecule has 0 unspecified atom stereocenters. The highest BCUT2D eigenvalue weighted by Gasteiger charge is 2.16. The molecule has 6 bridgehead atoms. The lowest BCUT2D eigenvalue weighted by Gasteiger charge is -2.14. The monoisotopic (exact) mass is 477 g/mol. The van der Waals surface area contributed by atoms with Crippen LogP contribution in [0.4, 0.5) is 28.8 Å². The first-order valence-corrected chi connectivity index (χ1v) is 12.2. The summed E-state index contributed by atoms with van der Waals surface area (Å²) in [7, 11) is -3.73. The molecule has 9 heteroatoms. The third-order valence-corrected chi connectivity index (χ3v) is 6.86. The van der Waals surface area contributed by atoms with Gasteiger partial charge in [-0.1, -0.05) is 41.9 Å². The van der Waals surface area contributed by atoms with Crippen molar-refractivity contribution < 1.29 is 8.42 Å². The number of rotatable bonds is 3. The zero-order valence-electron chi connectivity index (χ0n) is 17.4. The Kier molecular flexibility index (Phi) is 5.62. The molecule has 0 aliphatic carbocycles. The fraction of sp³-hybridized carbons (Fsp3) is 0.0833. The van der Waals surface area contributed by atoms with E-state index in [1.165, 1.54) is 6.20 Å². The van der Waals surface area contributed by atoms with Crippen LogP contribution in [0.2, 0.25) is 5.02 Å². The van der Waals surface area contributed by atoms with E-state index in [2.05, 4.69) is 31.4 Å². The minimum Gasteiger partial charge on any atom is -0.339 e. The van der Waals surface area contributed by atoms with Crippen LogP contribution in [0, 0.1) is 0 Å². The molecule has 1 aliphatic heterocycles. The molecule has 166 valence electrons. The molecule has 0 saturated carbocycles. The smallest absolute Gasteiger partial charge is 0.261 e. The van der Waals surface area contributed by atoms with Crippen molar-refractivity contribution in [1.29, 1.82) is 0 Å². The van der Waals surface area contributed by atoms with Gasteiger partial charge in [-0.05, 0) is 66.4 Å². The number of aromatic nitrogens is 2. The number of fused-ring (bicyclic) bond motifs is 6. The fourth-order valence-corrected chi connectivity index (χ4v) is 4.85. The molecular weight excluding hydrogens is 458 g/mol. The van der Waals surface area contributed by atoms with Gasteiger partial charge in [0.2, 0.25) is 5.95 Å². The van der Waals surface area contributed by atoms with E-state index in [0.29, 0.717) is 28.2 Å². The van der Waals surface area contributed by atoms with Crippen molar-refractivity contribution in [3.05, 3.63) is 95.1 Å². The first-order valence-electron chi connectivity index (χ1n) is 10.3. The minimum atomic E-state index is -3.73. The average molecular weight is 478 g/mol. The minimum absolute atomic E-state index is 0.196. The predicted molar refractivity (Wildman–Crippen MR) is 131 cm³/mol. The van der Waals surface area contributed by atoms with Gasteiger partial charge in [0.25, 0.3) is 10.0 Å². The number of sulfonamides is 1. The van der Waals surface area contributed by atoms with Gasteiger partial charge >= 0.3 is 0 Å². The Morgan fingerprint density at radius 2 is 1.64 bits per heavy atom. The maximum atomic E-state index is 12.9. The number of anilines is 5. The van der Waals surface area contributed by atoms with Crippen LogP contribution in [-0.4, -0.2) is 18.4 Å². The lowest BCUT2D eigenvalue weighted by molar-refractivity contribution is 0.601. The maximum absolute atomic E-state index is 12.9. The maximum Gasteiger partial charge on any atom is 0.261 e. The van der Waals surface area contributed by atoms with Crippen molar-refractivity contribution in [2.75, 3.05) is 15.4 Å². The summed E-state index contributed by atoms with van der Waals surface area (Å²) in [4.78, 5) is 8.95. The van der Waals surface area contributed by atoms with Gasteiger partial charge < -0.3 is 10.6 Å². The molecule has 0 amide bonds. The van der Waals surface area contributed by atoms with Gasteiger partial charge in [-0.15, -0.1) is 0 Å². The summed E-state index contributed by atoms with van der Waals surface area (Å²) in [6.07, 6.45) is 3.02. The summed E-state index contributed by atoms with van der Waals surface area (Å²) < 4.78 is 28.5. The Morgan fingerprint density at radius 3 is 2.48 bits per heavy atom. The van der Waals surface area contributed by atoms with E-state index < -0.39 is 10.0 Å². The first kappa shape index (κ1) is 21.2. The molecule has 0 saturated heterocycles. The number of hydrogen-bond donors (Lipinski definition) is 3. The number of halogens is 1. The molecule has 4 aromatic rings. The van der Waals surface area contributed by atoms with Crippen LogP contribution in [0.3, 0.4) is 0 Å². The van der Waals surface area contributed by atoms with E-state index in [-0.39, 0.29) is 4.90 Å². The summed E-state index contributed by atoms with van der Waals surface area (Å²) in [6, 6.07) is 21.8. The third kappa shape index (κ3) is 4.92. The number of benzene rings is 3. The molecule has 5 rings (SSSR count). The largest absolute Gasteiger partial charge is 0.339 e. The highest BCUT2D eigenvalue weighted by Crippen LogP contribution is 2.29. The summed E-state index contributed by atoms with van der Waals surface area (Å²) in [5.41, 5.74) is 4.09. The summed E-state index contributed by atoms with van der Waals surface area (Å²) in [5.74, 6) is 0.818. The van der Waals surface area contributed by atoms with Gasteiger partial charge in [0.05, 0.1) is 16.8 Å². The van der Waals surface area contributed by atoms with Gasteiger partial charge in [0, 0.05) is 11.4 Å². The van der Waals surface area contributed by atoms with Crippen LogP contribution in [0.25, 0.3) is 0 Å². The average Bonchev–Trinajstić information content (AvgIpc) is 2.80. The van der Waals surface area contributed by atoms with Crippen LogP contribution in [-0.2, 0) is 22.9 Å². The van der Waals surface area contributed by atoms with Crippen molar-refractivity contribution in [1.82, 2.24) is 9.97 Å². The molecule has 3 aromatic carbocycles. The van der Waals surface area contributed by atoms with Crippen molar-refractivity contribution in [2.24, 2.45) is 0 Å². The van der Waals surface area contributed by atoms with Crippen LogP contribution in [0.15, 0.2) is 83.9 Å². The molecule has 0 atom stereocenters. The van der Waals surface area contributed by atoms with Crippen LogP contribution in [0.1, 0.15) is 11.1 Å². The molecule has 7 nitrogen and oxygen atoms in total. The van der Waals surface area contributed by atoms with E-state index >= 15 is 0 Å². The van der Waals surface area contributed by atoms with E-state index in [1.54, 1.807) is 36.4 Å². The SMILES string of the molecule is O=S(=O)(Nc1cc2cc(c1)Nc1nc(ncc1Cl)Nc1cccc(c1)CC2)c1ccccc1. The Bertz CT molecular complexity index is 1430. The van der Waals surface area contributed by atoms with Gasteiger partial charge in [0.15, 0.2) is 5.82 Å². The quantitative estimate of drug-likeness (QED) is 0.359. The number of nitrogens with one attached hydrogen (secondary N) is 3. The molecule has 3 N–H and O–H groups in total. The van der Waals surface area contributed by atoms with E-state index in [0.717, 1.165) is 29.7 Å². The van der Waals surface area contributed by atoms with Gasteiger partial charge in [-0.25, -0.2) is 13.4 Å². The van der Waals surface area contributed by atoms with Gasteiger partial charge in [-0.3, -0.25) is 4.72 Å². The number of aryl methyl sites for hydroxylation is 2. The number of hydrogen-bond acceptors (Lipinski definition) is 6. The Hall–Kier alpha value is -3.62. The van der Waals surface area contributed by atoms with Crippen molar-refractivity contribution in [3.8, 4) is 0 Å². The molecule has 33 heavy (non-hydrogen) atoms. The van der Waals surface area contributed by atoms with Gasteiger partial charge in [0.1, 0.15) is 5.02 Å². The predicted octanol–water partition coefficient (Wildman–Crippen LogP) is 5.52. The number of nitrogens with zero attached hydrogens (tertiary/aromatic N) is 2. The van der Waals surface area contributed by atoms with Crippen molar-refractivity contribution in [3.63, 3.8) is 0 Å². The molecular formula is C24H20ClN5O2S. The molecule has 1 aromatic heterocycles. The van der Waals surface area contributed by atoms with Crippen LogP contribution >= 0.6 is 11.6 Å². The highest BCUT2D eigenvalue weighted by atomic mass is 35.5.